The van der Waals surface area contributed by atoms with Crippen LogP contribution in [0.3, 0.4) is 0 Å². The van der Waals surface area contributed by atoms with E-state index in [1.165, 1.54) is 13.3 Å². The van der Waals surface area contributed by atoms with Crippen LogP contribution in [0.4, 0.5) is 0 Å². The summed E-state index contributed by atoms with van der Waals surface area (Å²) in [4.78, 5) is 21.5. The first-order valence-electron chi connectivity index (χ1n) is 7.22. The third-order valence-corrected chi connectivity index (χ3v) is 3.43. The lowest BCUT2D eigenvalue weighted by atomic mass is 9.77. The quantitative estimate of drug-likeness (QED) is 0.767. The Morgan fingerprint density at radius 2 is 2.00 bits per heavy atom. The molecule has 3 atom stereocenters. The van der Waals surface area contributed by atoms with Crippen molar-refractivity contribution in [1.29, 1.82) is 0 Å². The van der Waals surface area contributed by atoms with E-state index in [1.54, 1.807) is 0 Å². The zero-order chi connectivity index (χ0) is 15.7. The number of carbonyl (C=O) groups excluding carboxylic acids is 2. The summed E-state index contributed by atoms with van der Waals surface area (Å²) < 4.78 is 4.35. The molecule has 1 aliphatic carbocycles. The minimum absolute atomic E-state index is 0.133. The monoisotopic (exact) mass is 288 g/mol. The zero-order valence-corrected chi connectivity index (χ0v) is 13.0. The molecule has 0 radical (unpaired) electrons. The second kappa shape index (κ2) is 9.88. The van der Waals surface area contributed by atoms with Crippen LogP contribution >= 0.6 is 0 Å². The molecule has 0 amide bonds. The van der Waals surface area contributed by atoms with Gasteiger partial charge in [0.1, 0.15) is 18.5 Å². The summed E-state index contributed by atoms with van der Waals surface area (Å²) in [5.74, 6) is 1.60. The Labute approximate surface area is 121 Å². The molecule has 0 saturated heterocycles. The van der Waals surface area contributed by atoms with Gasteiger partial charge < -0.3 is 14.9 Å². The molecule has 1 rings (SSSR count). The fourth-order valence-electron chi connectivity index (χ4n) is 2.19. The Hall–Kier alpha value is -0.940. The summed E-state index contributed by atoms with van der Waals surface area (Å²) >= 11 is 0. The normalized spacial score (nSPS) is 23.9. The molecular weight excluding hydrogens is 260 g/mol. The Morgan fingerprint density at radius 1 is 1.40 bits per heavy atom. The van der Waals surface area contributed by atoms with Crippen LogP contribution in [0.25, 0.3) is 0 Å². The molecule has 0 heterocycles. The number of carbonyl (C=O) groups is 2. The maximum absolute atomic E-state index is 11.4. The smallest absolute Gasteiger partial charge is 0.302 e. The molecule has 3 unspecified atom stereocenters. The molecule has 0 aromatic heterocycles. The molecule has 2 N–H and O–H groups in total. The van der Waals surface area contributed by atoms with Gasteiger partial charge >= 0.3 is 5.97 Å². The topological polar surface area (TPSA) is 83.8 Å². The van der Waals surface area contributed by atoms with Gasteiger partial charge in [0.25, 0.3) is 0 Å². The van der Waals surface area contributed by atoms with E-state index in [9.17, 15) is 9.59 Å². The van der Waals surface area contributed by atoms with Gasteiger partial charge in [0.2, 0.25) is 0 Å². The first-order chi connectivity index (χ1) is 9.27. The predicted molar refractivity (Wildman–Crippen MR) is 76.1 cm³/mol. The van der Waals surface area contributed by atoms with Crippen LogP contribution in [0.2, 0.25) is 0 Å². The molecule has 5 heteroatoms. The summed E-state index contributed by atoms with van der Waals surface area (Å²) in [6.45, 7) is 7.20. The molecule has 1 saturated carbocycles. The summed E-state index contributed by atoms with van der Waals surface area (Å²) in [6.07, 6.45) is 2.24. The van der Waals surface area contributed by atoms with Crippen molar-refractivity contribution in [2.24, 2.45) is 17.8 Å². The number of hydrogen-bond acceptors (Lipinski definition) is 5. The maximum Gasteiger partial charge on any atom is 0.302 e. The Kier molecular flexibility index (Phi) is 9.42. The van der Waals surface area contributed by atoms with Crippen LogP contribution in [0, 0.1) is 17.8 Å². The highest BCUT2D eigenvalue weighted by atomic mass is 16.5. The number of ketones is 1. The SMILES string of the molecule is CC(=O)OCC(O)CO.CC1CCC(C(C)C)C(=O)C1. The molecule has 1 aliphatic rings. The summed E-state index contributed by atoms with van der Waals surface area (Å²) in [5, 5.41) is 16.8. The lowest BCUT2D eigenvalue weighted by Crippen LogP contribution is -2.27. The molecule has 0 spiro atoms. The van der Waals surface area contributed by atoms with Crippen LogP contribution in [-0.2, 0) is 14.3 Å². The average molecular weight is 288 g/mol. The van der Waals surface area contributed by atoms with E-state index in [-0.39, 0.29) is 13.2 Å². The van der Waals surface area contributed by atoms with E-state index in [2.05, 4.69) is 25.5 Å². The van der Waals surface area contributed by atoms with Gasteiger partial charge in [-0.25, -0.2) is 0 Å². The van der Waals surface area contributed by atoms with E-state index in [0.29, 0.717) is 23.5 Å². The van der Waals surface area contributed by atoms with Crippen molar-refractivity contribution < 1.29 is 24.5 Å². The molecule has 0 bridgehead atoms. The van der Waals surface area contributed by atoms with E-state index < -0.39 is 12.1 Å². The van der Waals surface area contributed by atoms with Crippen LogP contribution in [0.15, 0.2) is 0 Å². The van der Waals surface area contributed by atoms with E-state index in [1.807, 2.05) is 0 Å². The van der Waals surface area contributed by atoms with Crippen LogP contribution in [0.1, 0.15) is 47.0 Å². The van der Waals surface area contributed by atoms with Crippen molar-refractivity contribution >= 4 is 11.8 Å². The van der Waals surface area contributed by atoms with Crippen molar-refractivity contribution in [1.82, 2.24) is 0 Å². The van der Waals surface area contributed by atoms with Crippen molar-refractivity contribution in [2.75, 3.05) is 13.2 Å². The number of hydrogen-bond donors (Lipinski definition) is 2. The number of rotatable bonds is 4. The molecular formula is C15H28O5. The van der Waals surface area contributed by atoms with Crippen LogP contribution in [-0.4, -0.2) is 41.3 Å². The molecule has 0 aliphatic heterocycles. The van der Waals surface area contributed by atoms with Crippen molar-refractivity contribution in [3.05, 3.63) is 0 Å². The fraction of sp³-hybridized carbons (Fsp3) is 0.867. The Bertz CT molecular complexity index is 301. The standard InChI is InChI=1S/C10H18O.C5H10O4/c1-7(2)9-5-4-8(3)6-10(9)11;1-4(7)9-3-5(8)2-6/h7-9H,4-6H2,1-3H3;5-6,8H,2-3H2,1H3. The van der Waals surface area contributed by atoms with Crippen LogP contribution < -0.4 is 0 Å². The van der Waals surface area contributed by atoms with Gasteiger partial charge in [0, 0.05) is 19.3 Å². The molecule has 20 heavy (non-hydrogen) atoms. The highest BCUT2D eigenvalue weighted by Crippen LogP contribution is 2.29. The lowest BCUT2D eigenvalue weighted by molar-refractivity contribution is -0.144. The number of Topliss-reactive ketones (excluding diaryl/α,β-unsaturated/α-hetero) is 1. The van der Waals surface area contributed by atoms with Gasteiger partial charge in [0.05, 0.1) is 6.61 Å². The Balaban J connectivity index is 0.000000370. The molecule has 1 fully saturated rings. The third kappa shape index (κ3) is 8.27. The van der Waals surface area contributed by atoms with Gasteiger partial charge in [-0.1, -0.05) is 20.8 Å². The Morgan fingerprint density at radius 3 is 2.40 bits per heavy atom. The largest absolute Gasteiger partial charge is 0.463 e. The minimum Gasteiger partial charge on any atom is -0.463 e. The third-order valence-electron chi connectivity index (χ3n) is 3.43. The van der Waals surface area contributed by atoms with Crippen LogP contribution in [0.5, 0.6) is 0 Å². The summed E-state index contributed by atoms with van der Waals surface area (Å²) in [6, 6.07) is 0. The lowest BCUT2D eigenvalue weighted by Gasteiger charge is -2.27. The molecule has 118 valence electrons. The summed E-state index contributed by atoms with van der Waals surface area (Å²) in [5.41, 5.74) is 0. The zero-order valence-electron chi connectivity index (χ0n) is 13.0. The first kappa shape index (κ1) is 19.1. The highest BCUT2D eigenvalue weighted by molar-refractivity contribution is 5.82. The first-order valence-corrected chi connectivity index (χ1v) is 7.22. The molecule has 0 aromatic rings. The predicted octanol–water partition coefficient (Wildman–Crippen LogP) is 1.55. The average Bonchev–Trinajstić information content (AvgIpc) is 2.36. The minimum atomic E-state index is -0.950. The van der Waals surface area contributed by atoms with E-state index in [0.717, 1.165) is 12.8 Å². The van der Waals surface area contributed by atoms with Crippen molar-refractivity contribution in [3.8, 4) is 0 Å². The highest BCUT2D eigenvalue weighted by Gasteiger charge is 2.27. The van der Waals surface area contributed by atoms with E-state index >= 15 is 0 Å². The number of aliphatic hydroxyl groups excluding tert-OH is 2. The number of ether oxygens (including phenoxy) is 1. The van der Waals surface area contributed by atoms with Gasteiger partial charge in [-0.15, -0.1) is 0 Å². The summed E-state index contributed by atoms with van der Waals surface area (Å²) in [7, 11) is 0. The van der Waals surface area contributed by atoms with Crippen molar-refractivity contribution in [3.63, 3.8) is 0 Å². The van der Waals surface area contributed by atoms with Gasteiger partial charge in [0.15, 0.2) is 0 Å². The second-order valence-electron chi connectivity index (χ2n) is 5.84. The van der Waals surface area contributed by atoms with Gasteiger partial charge in [-0.3, -0.25) is 9.59 Å². The maximum atomic E-state index is 11.4. The number of esters is 1. The number of aliphatic hydroxyl groups is 2. The fourth-order valence-corrected chi connectivity index (χ4v) is 2.19. The molecule has 5 nitrogen and oxygen atoms in total. The molecule has 0 aromatic carbocycles. The van der Waals surface area contributed by atoms with Crippen molar-refractivity contribution in [2.45, 2.75) is 53.1 Å². The van der Waals surface area contributed by atoms with Gasteiger partial charge in [-0.2, -0.15) is 0 Å². The van der Waals surface area contributed by atoms with E-state index in [4.69, 9.17) is 10.2 Å². The second-order valence-corrected chi connectivity index (χ2v) is 5.84. The van der Waals surface area contributed by atoms with Gasteiger partial charge in [-0.05, 0) is 24.7 Å².